The Morgan fingerprint density at radius 3 is 1.70 bits per heavy atom. The zero-order chi connectivity index (χ0) is 18.7. The highest BCUT2D eigenvalue weighted by molar-refractivity contribution is 5.80. The summed E-state index contributed by atoms with van der Waals surface area (Å²) in [6, 6.07) is 0. The Kier molecular flexibility index (Phi) is 6.70. The van der Waals surface area contributed by atoms with Crippen LogP contribution in [0.2, 0.25) is 0 Å². The Bertz CT molecular complexity index is 430. The quantitative estimate of drug-likeness (QED) is 0.706. The fraction of sp³-hybridized carbons (Fsp3) is 0.875. The van der Waals surface area contributed by atoms with Gasteiger partial charge in [0, 0.05) is 0 Å². The average molecular weight is 340 g/mol. The predicted molar refractivity (Wildman–Crippen MR) is 79.6 cm³/mol. The topological polar surface area (TPSA) is 52.6 Å². The molecule has 0 unspecified atom stereocenters. The van der Waals surface area contributed by atoms with Gasteiger partial charge in [-0.2, -0.15) is 13.2 Å². The van der Waals surface area contributed by atoms with Gasteiger partial charge in [-0.15, -0.1) is 0 Å². The van der Waals surface area contributed by atoms with Crippen LogP contribution in [0.25, 0.3) is 0 Å². The van der Waals surface area contributed by atoms with E-state index >= 15 is 0 Å². The summed E-state index contributed by atoms with van der Waals surface area (Å²) in [4.78, 5) is 23.7. The maximum atomic E-state index is 12.4. The van der Waals surface area contributed by atoms with Crippen molar-refractivity contribution in [3.05, 3.63) is 0 Å². The molecule has 0 N–H and O–H groups in total. The van der Waals surface area contributed by atoms with E-state index in [0.717, 1.165) is 0 Å². The smallest absolute Gasteiger partial charge is 0.422 e. The maximum absolute atomic E-state index is 12.4. The van der Waals surface area contributed by atoms with Crippen molar-refractivity contribution in [2.24, 2.45) is 16.2 Å². The molecule has 0 saturated heterocycles. The number of hydrogen-bond acceptors (Lipinski definition) is 4. The highest BCUT2D eigenvalue weighted by atomic mass is 19.4. The van der Waals surface area contributed by atoms with Crippen molar-refractivity contribution in [2.45, 2.75) is 61.1 Å². The van der Waals surface area contributed by atoms with Crippen LogP contribution in [-0.2, 0) is 19.1 Å². The van der Waals surface area contributed by atoms with E-state index in [1.165, 1.54) is 0 Å². The number of carbonyl (C=O) groups excluding carboxylic acids is 2. The minimum Gasteiger partial charge on any atom is -0.454 e. The van der Waals surface area contributed by atoms with E-state index in [4.69, 9.17) is 4.74 Å². The number of carbonyl (C=O) groups is 2. The minimum atomic E-state index is -4.61. The van der Waals surface area contributed by atoms with E-state index in [2.05, 4.69) is 4.74 Å². The highest BCUT2D eigenvalue weighted by Gasteiger charge is 2.47. The molecule has 23 heavy (non-hydrogen) atoms. The zero-order valence-corrected chi connectivity index (χ0v) is 14.9. The molecule has 0 aliphatic heterocycles. The van der Waals surface area contributed by atoms with Crippen molar-refractivity contribution >= 4 is 11.9 Å². The molecule has 0 aliphatic rings. The molecule has 0 fully saturated rings. The first-order valence-electron chi connectivity index (χ1n) is 7.38. The van der Waals surface area contributed by atoms with Gasteiger partial charge >= 0.3 is 18.1 Å². The summed E-state index contributed by atoms with van der Waals surface area (Å²) in [5, 5.41) is 0. The molecule has 0 bridgehead atoms. The third-order valence-corrected chi connectivity index (χ3v) is 3.71. The van der Waals surface area contributed by atoms with Crippen LogP contribution in [0, 0.1) is 16.2 Å². The van der Waals surface area contributed by atoms with Gasteiger partial charge in [0.2, 0.25) is 0 Å². The molecule has 0 aliphatic carbocycles. The number of esters is 2. The standard InChI is InChI=1S/C16H27F3O4/c1-13(2,3)9-15(7,14(4,5)6)12(21)22-8-11(20)23-10-16(17,18)19/h8-10H2,1-7H3/t15-/m0/s1. The van der Waals surface area contributed by atoms with Crippen LogP contribution in [0.5, 0.6) is 0 Å². The molecule has 0 radical (unpaired) electrons. The molecule has 0 rings (SSSR count). The summed E-state index contributed by atoms with van der Waals surface area (Å²) in [5.74, 6) is -1.84. The number of halogens is 3. The van der Waals surface area contributed by atoms with E-state index in [-0.39, 0.29) is 5.41 Å². The van der Waals surface area contributed by atoms with E-state index < -0.39 is 42.2 Å². The Morgan fingerprint density at radius 2 is 1.35 bits per heavy atom. The van der Waals surface area contributed by atoms with Crippen molar-refractivity contribution in [3.8, 4) is 0 Å². The van der Waals surface area contributed by atoms with E-state index in [1.54, 1.807) is 6.92 Å². The third kappa shape index (κ3) is 7.70. The largest absolute Gasteiger partial charge is 0.454 e. The van der Waals surface area contributed by atoms with Gasteiger partial charge in [-0.1, -0.05) is 41.5 Å². The summed E-state index contributed by atoms with van der Waals surface area (Å²) in [7, 11) is 0. The molecule has 7 heteroatoms. The van der Waals surface area contributed by atoms with Crippen molar-refractivity contribution in [1.82, 2.24) is 0 Å². The molecular weight excluding hydrogens is 313 g/mol. The SMILES string of the molecule is CC(C)(C)C[C@@](C)(C(=O)OCC(=O)OCC(F)(F)F)C(C)(C)C. The van der Waals surface area contributed by atoms with Crippen LogP contribution in [0.15, 0.2) is 0 Å². The van der Waals surface area contributed by atoms with Gasteiger partial charge in [0.15, 0.2) is 13.2 Å². The molecule has 0 spiro atoms. The Balaban J connectivity index is 4.85. The second kappa shape index (κ2) is 7.09. The Labute approximate surface area is 135 Å². The van der Waals surface area contributed by atoms with Crippen molar-refractivity contribution in [3.63, 3.8) is 0 Å². The minimum absolute atomic E-state index is 0.169. The molecular formula is C16H27F3O4. The fourth-order valence-electron chi connectivity index (χ4n) is 2.19. The second-order valence-corrected chi connectivity index (χ2v) is 8.17. The summed E-state index contributed by atoms with van der Waals surface area (Å²) in [5.41, 5.74) is -1.51. The molecule has 0 saturated carbocycles. The average Bonchev–Trinajstić information content (AvgIpc) is 2.28. The van der Waals surface area contributed by atoms with Crippen molar-refractivity contribution in [2.75, 3.05) is 13.2 Å². The number of alkyl halides is 3. The molecule has 136 valence electrons. The lowest BCUT2D eigenvalue weighted by atomic mass is 9.61. The van der Waals surface area contributed by atoms with E-state index in [0.29, 0.717) is 6.42 Å². The van der Waals surface area contributed by atoms with Crippen LogP contribution in [0.3, 0.4) is 0 Å². The van der Waals surface area contributed by atoms with Gasteiger partial charge in [0.05, 0.1) is 5.41 Å². The van der Waals surface area contributed by atoms with Crippen molar-refractivity contribution in [1.29, 1.82) is 0 Å². The molecule has 0 amide bonds. The monoisotopic (exact) mass is 340 g/mol. The summed E-state index contributed by atoms with van der Waals surface area (Å²) < 4.78 is 44.8. The fourth-order valence-corrected chi connectivity index (χ4v) is 2.19. The summed E-state index contributed by atoms with van der Waals surface area (Å²) in [6.07, 6.45) is -4.11. The number of hydrogen-bond donors (Lipinski definition) is 0. The van der Waals surface area contributed by atoms with Crippen LogP contribution in [-0.4, -0.2) is 31.3 Å². The number of ether oxygens (including phenoxy) is 2. The van der Waals surface area contributed by atoms with Crippen LogP contribution in [0.1, 0.15) is 54.9 Å². The van der Waals surface area contributed by atoms with E-state index in [1.807, 2.05) is 41.5 Å². The zero-order valence-electron chi connectivity index (χ0n) is 14.9. The van der Waals surface area contributed by atoms with Gasteiger partial charge in [-0.25, -0.2) is 4.79 Å². The third-order valence-electron chi connectivity index (χ3n) is 3.71. The Hall–Kier alpha value is -1.27. The van der Waals surface area contributed by atoms with Gasteiger partial charge in [-0.3, -0.25) is 4.79 Å². The predicted octanol–water partition coefficient (Wildman–Crippen LogP) is 4.12. The van der Waals surface area contributed by atoms with Gasteiger partial charge in [-0.05, 0) is 24.2 Å². The lowest BCUT2D eigenvalue weighted by molar-refractivity contribution is -0.192. The van der Waals surface area contributed by atoms with Gasteiger partial charge in [0.1, 0.15) is 0 Å². The molecule has 1 atom stereocenters. The van der Waals surface area contributed by atoms with Gasteiger partial charge in [0.25, 0.3) is 0 Å². The van der Waals surface area contributed by atoms with Crippen LogP contribution < -0.4 is 0 Å². The molecule has 0 aromatic heterocycles. The summed E-state index contributed by atoms with van der Waals surface area (Å²) in [6.45, 7) is 10.8. The molecule has 0 heterocycles. The molecule has 0 aromatic rings. The van der Waals surface area contributed by atoms with Gasteiger partial charge < -0.3 is 9.47 Å². The van der Waals surface area contributed by atoms with Crippen LogP contribution in [0.4, 0.5) is 13.2 Å². The summed E-state index contributed by atoms with van der Waals surface area (Å²) >= 11 is 0. The lowest BCUT2D eigenvalue weighted by Gasteiger charge is -2.43. The van der Waals surface area contributed by atoms with Crippen molar-refractivity contribution < 1.29 is 32.2 Å². The first-order valence-corrected chi connectivity index (χ1v) is 7.38. The van der Waals surface area contributed by atoms with Crippen LogP contribution >= 0.6 is 0 Å². The van der Waals surface area contributed by atoms with E-state index in [9.17, 15) is 22.8 Å². The lowest BCUT2D eigenvalue weighted by Crippen LogP contribution is -2.44. The number of rotatable bonds is 5. The first-order chi connectivity index (χ1) is 9.98. The second-order valence-electron chi connectivity index (χ2n) is 8.17. The first kappa shape index (κ1) is 21.7. The highest BCUT2D eigenvalue weighted by Crippen LogP contribution is 2.47. The molecule has 0 aromatic carbocycles. The Morgan fingerprint density at radius 1 is 0.870 bits per heavy atom. The maximum Gasteiger partial charge on any atom is 0.422 e. The molecule has 4 nitrogen and oxygen atoms in total. The normalized spacial score (nSPS) is 15.7.